The zero-order chi connectivity index (χ0) is 20.5. The lowest BCUT2D eigenvalue weighted by Crippen LogP contribution is -2.08. The van der Waals surface area contributed by atoms with Crippen LogP contribution in [0.15, 0.2) is 48.5 Å². The second-order valence-corrected chi connectivity index (χ2v) is 5.60. The number of hydrogen-bond donors (Lipinski definition) is 2. The lowest BCUT2D eigenvalue weighted by atomic mass is 10.2. The smallest absolute Gasteiger partial charge is 0.387 e. The Bertz CT molecular complexity index is 852. The molecule has 148 valence electrons. The number of carbonyl (C=O) groups is 2. The van der Waals surface area contributed by atoms with Gasteiger partial charge in [0.05, 0.1) is 6.61 Å². The summed E-state index contributed by atoms with van der Waals surface area (Å²) in [5.41, 5.74) is 1.76. The first-order valence-electron chi connectivity index (χ1n) is 8.45. The fourth-order valence-electron chi connectivity index (χ4n) is 2.29. The van der Waals surface area contributed by atoms with Gasteiger partial charge in [-0.1, -0.05) is 6.07 Å². The molecule has 2 aromatic rings. The number of alkyl halides is 2. The van der Waals surface area contributed by atoms with Crippen molar-refractivity contribution in [2.45, 2.75) is 20.5 Å². The third kappa shape index (κ3) is 6.71. The van der Waals surface area contributed by atoms with Gasteiger partial charge in [0.15, 0.2) is 11.5 Å². The van der Waals surface area contributed by atoms with Gasteiger partial charge in [0, 0.05) is 24.4 Å². The predicted octanol–water partition coefficient (Wildman–Crippen LogP) is 4.30. The molecule has 0 spiro atoms. The molecule has 6 nitrogen and oxygen atoms in total. The van der Waals surface area contributed by atoms with E-state index in [0.29, 0.717) is 16.9 Å². The molecule has 8 heteroatoms. The first-order chi connectivity index (χ1) is 13.4. The molecule has 0 unspecified atom stereocenters. The van der Waals surface area contributed by atoms with E-state index in [1.807, 2.05) is 0 Å². The van der Waals surface area contributed by atoms with Gasteiger partial charge in [-0.05, 0) is 55.0 Å². The van der Waals surface area contributed by atoms with Crippen molar-refractivity contribution in [3.05, 3.63) is 54.1 Å². The average molecular weight is 390 g/mol. The van der Waals surface area contributed by atoms with E-state index in [0.717, 1.165) is 0 Å². The van der Waals surface area contributed by atoms with Gasteiger partial charge >= 0.3 is 6.61 Å². The third-order valence-corrected chi connectivity index (χ3v) is 3.38. The number of rotatable bonds is 8. The minimum absolute atomic E-state index is 0.0716. The molecule has 2 aromatic carbocycles. The van der Waals surface area contributed by atoms with Crippen LogP contribution in [0.5, 0.6) is 11.5 Å². The highest BCUT2D eigenvalue weighted by Gasteiger charge is 2.11. The van der Waals surface area contributed by atoms with Gasteiger partial charge in [-0.2, -0.15) is 8.78 Å². The Morgan fingerprint density at radius 1 is 1.04 bits per heavy atom. The molecule has 0 saturated carbocycles. The molecule has 28 heavy (non-hydrogen) atoms. The quantitative estimate of drug-likeness (QED) is 0.659. The molecular formula is C20H20F2N2O4. The number of benzene rings is 2. The van der Waals surface area contributed by atoms with Crippen LogP contribution < -0.4 is 20.1 Å². The summed E-state index contributed by atoms with van der Waals surface area (Å²) >= 11 is 0. The maximum atomic E-state index is 12.4. The molecule has 2 rings (SSSR count). The number of amides is 2. The van der Waals surface area contributed by atoms with Crippen LogP contribution in [0.25, 0.3) is 6.08 Å². The molecule has 2 N–H and O–H groups in total. The van der Waals surface area contributed by atoms with Gasteiger partial charge in [-0.3, -0.25) is 9.59 Å². The highest BCUT2D eigenvalue weighted by atomic mass is 19.3. The van der Waals surface area contributed by atoms with Crippen LogP contribution in [0.1, 0.15) is 19.4 Å². The lowest BCUT2D eigenvalue weighted by Gasteiger charge is -2.11. The van der Waals surface area contributed by atoms with E-state index in [9.17, 15) is 18.4 Å². The molecule has 0 radical (unpaired) electrons. The number of halogens is 2. The van der Waals surface area contributed by atoms with Crippen LogP contribution in [-0.4, -0.2) is 25.0 Å². The van der Waals surface area contributed by atoms with E-state index in [4.69, 9.17) is 4.74 Å². The van der Waals surface area contributed by atoms with Gasteiger partial charge in [0.2, 0.25) is 11.8 Å². The van der Waals surface area contributed by atoms with E-state index in [1.54, 1.807) is 31.2 Å². The summed E-state index contributed by atoms with van der Waals surface area (Å²) in [6.07, 6.45) is 2.83. The largest absolute Gasteiger partial charge is 0.490 e. The first-order valence-corrected chi connectivity index (χ1v) is 8.45. The number of carbonyl (C=O) groups excluding carboxylic acids is 2. The van der Waals surface area contributed by atoms with E-state index >= 15 is 0 Å². The number of hydrogen-bond acceptors (Lipinski definition) is 4. The van der Waals surface area contributed by atoms with Crippen molar-refractivity contribution < 1.29 is 27.8 Å². The van der Waals surface area contributed by atoms with Crippen molar-refractivity contribution in [3.8, 4) is 11.5 Å². The Labute approximate surface area is 161 Å². The van der Waals surface area contributed by atoms with Gasteiger partial charge in [0.1, 0.15) is 0 Å². The number of nitrogens with one attached hydrogen (secondary N) is 2. The van der Waals surface area contributed by atoms with Gasteiger partial charge < -0.3 is 20.1 Å². The Morgan fingerprint density at radius 3 is 2.25 bits per heavy atom. The zero-order valence-electron chi connectivity index (χ0n) is 15.4. The van der Waals surface area contributed by atoms with Crippen molar-refractivity contribution >= 4 is 29.3 Å². The van der Waals surface area contributed by atoms with Crippen LogP contribution in [0.4, 0.5) is 20.2 Å². The summed E-state index contributed by atoms with van der Waals surface area (Å²) in [5, 5.41) is 5.31. The third-order valence-electron chi connectivity index (χ3n) is 3.38. The van der Waals surface area contributed by atoms with Gasteiger partial charge in [-0.25, -0.2) is 0 Å². The summed E-state index contributed by atoms with van der Waals surface area (Å²) < 4.78 is 34.5. The van der Waals surface area contributed by atoms with E-state index in [2.05, 4.69) is 15.4 Å². The maximum absolute atomic E-state index is 12.4. The first kappa shape index (κ1) is 20.9. The van der Waals surface area contributed by atoms with Crippen molar-refractivity contribution in [3.63, 3.8) is 0 Å². The SMILES string of the molecule is CCOc1cc(/C=C/C(=O)Nc2ccc(NC(C)=O)cc2)ccc1OC(F)F. The molecule has 0 fully saturated rings. The zero-order valence-corrected chi connectivity index (χ0v) is 15.4. The Kier molecular flexibility index (Phi) is 7.50. The highest BCUT2D eigenvalue weighted by molar-refractivity contribution is 6.02. The molecule has 0 aromatic heterocycles. The summed E-state index contributed by atoms with van der Waals surface area (Å²) in [4.78, 5) is 23.0. The lowest BCUT2D eigenvalue weighted by molar-refractivity contribution is -0.114. The molecule has 0 saturated heterocycles. The molecule has 0 atom stereocenters. The topological polar surface area (TPSA) is 76.7 Å². The van der Waals surface area contributed by atoms with Crippen molar-refractivity contribution in [1.82, 2.24) is 0 Å². The van der Waals surface area contributed by atoms with Crippen LogP contribution in [0.2, 0.25) is 0 Å². The van der Waals surface area contributed by atoms with Crippen molar-refractivity contribution in [1.29, 1.82) is 0 Å². The normalized spacial score (nSPS) is 10.8. The molecule has 0 aliphatic rings. The van der Waals surface area contributed by atoms with Crippen LogP contribution in [-0.2, 0) is 9.59 Å². The fourth-order valence-corrected chi connectivity index (χ4v) is 2.29. The summed E-state index contributed by atoms with van der Waals surface area (Å²) in [6.45, 7) is 0.452. The molecule has 0 aliphatic heterocycles. The van der Waals surface area contributed by atoms with Crippen molar-refractivity contribution in [2.75, 3.05) is 17.2 Å². The standard InChI is InChI=1S/C20H20F2N2O4/c1-3-27-18-12-14(4-10-17(18)28-20(21)22)5-11-19(26)24-16-8-6-15(7-9-16)23-13(2)25/h4-12,20H,3H2,1-2H3,(H,23,25)(H,24,26)/b11-5+. The molecule has 0 bridgehead atoms. The van der Waals surface area contributed by atoms with E-state index in [-0.39, 0.29) is 29.9 Å². The Balaban J connectivity index is 2.02. The van der Waals surface area contributed by atoms with Crippen LogP contribution >= 0.6 is 0 Å². The van der Waals surface area contributed by atoms with Crippen LogP contribution in [0.3, 0.4) is 0 Å². The summed E-state index contributed by atoms with van der Waals surface area (Å²) in [7, 11) is 0. The van der Waals surface area contributed by atoms with Crippen LogP contribution in [0, 0.1) is 0 Å². The predicted molar refractivity (Wildman–Crippen MR) is 103 cm³/mol. The molecule has 0 aliphatic carbocycles. The fraction of sp³-hybridized carbons (Fsp3) is 0.200. The summed E-state index contributed by atoms with van der Waals surface area (Å²) in [5.74, 6) is -0.467. The van der Waals surface area contributed by atoms with Gasteiger partial charge in [-0.15, -0.1) is 0 Å². The second kappa shape index (κ2) is 10.1. The summed E-state index contributed by atoms with van der Waals surface area (Å²) in [6, 6.07) is 11.0. The minimum atomic E-state index is -2.96. The average Bonchev–Trinajstić information content (AvgIpc) is 2.63. The van der Waals surface area contributed by atoms with E-state index < -0.39 is 6.61 Å². The molecule has 0 heterocycles. The van der Waals surface area contributed by atoms with Gasteiger partial charge in [0.25, 0.3) is 0 Å². The Hall–Kier alpha value is -3.42. The molecular weight excluding hydrogens is 370 g/mol. The minimum Gasteiger partial charge on any atom is -0.490 e. The Morgan fingerprint density at radius 2 is 1.68 bits per heavy atom. The number of anilines is 2. The number of ether oxygens (including phenoxy) is 2. The molecule has 2 amide bonds. The second-order valence-electron chi connectivity index (χ2n) is 5.60. The van der Waals surface area contributed by atoms with E-state index in [1.165, 1.54) is 37.3 Å². The van der Waals surface area contributed by atoms with Crippen molar-refractivity contribution in [2.24, 2.45) is 0 Å². The maximum Gasteiger partial charge on any atom is 0.387 e. The monoisotopic (exact) mass is 390 g/mol. The highest BCUT2D eigenvalue weighted by Crippen LogP contribution is 2.30.